The minimum Gasteiger partial charge on any atom is -0.322 e. The molecular weight excluding hydrogens is 398 g/mol. The van der Waals surface area contributed by atoms with Crippen LogP contribution in [0.1, 0.15) is 27.3 Å². The van der Waals surface area contributed by atoms with Crippen LogP contribution in [0.3, 0.4) is 0 Å². The number of benzene rings is 2. The second-order valence-corrected chi connectivity index (χ2v) is 7.87. The summed E-state index contributed by atoms with van der Waals surface area (Å²) >= 11 is 0. The summed E-state index contributed by atoms with van der Waals surface area (Å²) < 4.78 is 3.83. The Kier molecular flexibility index (Phi) is 4.82. The van der Waals surface area contributed by atoms with Crippen LogP contribution in [0.25, 0.3) is 22.6 Å². The fourth-order valence-electron chi connectivity index (χ4n) is 4.00. The first-order chi connectivity index (χ1) is 15.5. The molecule has 2 aromatic carbocycles. The third-order valence-electron chi connectivity index (χ3n) is 5.64. The van der Waals surface area contributed by atoms with E-state index in [1.54, 1.807) is 4.68 Å². The number of pyridine rings is 1. The average molecular weight is 422 g/mol. The molecule has 0 aliphatic heterocycles. The molecule has 0 saturated carbocycles. The fraction of sp³-hybridized carbons (Fsp3) is 0.115. The molecule has 0 atom stereocenters. The van der Waals surface area contributed by atoms with E-state index in [9.17, 15) is 4.79 Å². The fourth-order valence-corrected chi connectivity index (χ4v) is 4.00. The third kappa shape index (κ3) is 3.46. The molecule has 0 radical (unpaired) electrons. The van der Waals surface area contributed by atoms with E-state index in [2.05, 4.69) is 23.4 Å². The number of amides is 1. The summed E-state index contributed by atoms with van der Waals surface area (Å²) in [7, 11) is 0. The number of aryl methyl sites for hydroxylation is 2. The first-order valence-electron chi connectivity index (χ1n) is 10.5. The van der Waals surface area contributed by atoms with Crippen LogP contribution >= 0.6 is 0 Å². The molecule has 5 rings (SSSR count). The summed E-state index contributed by atoms with van der Waals surface area (Å²) in [4.78, 5) is 17.8. The maximum absolute atomic E-state index is 13.0. The van der Waals surface area contributed by atoms with Gasteiger partial charge in [-0.25, -0.2) is 9.67 Å². The van der Waals surface area contributed by atoms with Crippen LogP contribution in [0.2, 0.25) is 0 Å². The van der Waals surface area contributed by atoms with Crippen LogP contribution in [0.5, 0.6) is 0 Å². The number of hydrogen-bond donors (Lipinski definition) is 1. The molecule has 3 heterocycles. The predicted octanol–water partition coefficient (Wildman–Crippen LogP) is 5.36. The summed E-state index contributed by atoms with van der Waals surface area (Å²) in [6, 6.07) is 21.6. The van der Waals surface area contributed by atoms with Gasteiger partial charge in [-0.15, -0.1) is 0 Å². The largest absolute Gasteiger partial charge is 0.322 e. The Balaban J connectivity index is 1.38. The third-order valence-corrected chi connectivity index (χ3v) is 5.64. The summed E-state index contributed by atoms with van der Waals surface area (Å²) in [5.41, 5.74) is 7.72. The van der Waals surface area contributed by atoms with Gasteiger partial charge in [0.25, 0.3) is 5.91 Å². The number of para-hydroxylation sites is 1. The minimum atomic E-state index is -0.168. The molecule has 6 nitrogen and oxygen atoms in total. The number of anilines is 1. The van der Waals surface area contributed by atoms with Crippen molar-refractivity contribution in [3.63, 3.8) is 0 Å². The number of imidazole rings is 1. The van der Waals surface area contributed by atoms with Gasteiger partial charge in [0.05, 0.1) is 28.3 Å². The summed E-state index contributed by atoms with van der Waals surface area (Å²) in [5, 5.41) is 7.57. The van der Waals surface area contributed by atoms with Crippen molar-refractivity contribution in [2.75, 3.05) is 5.32 Å². The van der Waals surface area contributed by atoms with Crippen LogP contribution in [-0.2, 0) is 0 Å². The van der Waals surface area contributed by atoms with Crippen molar-refractivity contribution in [3.8, 4) is 16.9 Å². The van der Waals surface area contributed by atoms with Gasteiger partial charge < -0.3 is 9.72 Å². The van der Waals surface area contributed by atoms with Gasteiger partial charge in [0.2, 0.25) is 0 Å². The lowest BCUT2D eigenvalue weighted by atomic mass is 10.1. The van der Waals surface area contributed by atoms with E-state index in [1.807, 2.05) is 91.3 Å². The van der Waals surface area contributed by atoms with Gasteiger partial charge in [-0.2, -0.15) is 5.10 Å². The maximum atomic E-state index is 13.0. The lowest BCUT2D eigenvalue weighted by Gasteiger charge is -2.07. The molecule has 0 unspecified atom stereocenters. The lowest BCUT2D eigenvalue weighted by Crippen LogP contribution is -2.14. The van der Waals surface area contributed by atoms with E-state index >= 15 is 0 Å². The highest BCUT2D eigenvalue weighted by molar-refractivity contribution is 6.06. The van der Waals surface area contributed by atoms with Crippen LogP contribution in [0.4, 0.5) is 5.69 Å². The Hall–Kier alpha value is -4.19. The van der Waals surface area contributed by atoms with Gasteiger partial charge >= 0.3 is 0 Å². The van der Waals surface area contributed by atoms with E-state index in [-0.39, 0.29) is 5.91 Å². The Bertz CT molecular complexity index is 1430. The SMILES string of the molecule is Cc1nn(-c2ccccc2)c(C)c1C(=O)Nc1ccc(-c2cn3cccc(C)c3n2)cc1. The molecular formula is C26H23N5O. The number of nitrogens with zero attached hydrogens (tertiary/aromatic N) is 4. The molecule has 6 heteroatoms. The van der Waals surface area contributed by atoms with Gasteiger partial charge in [0, 0.05) is 23.6 Å². The molecule has 3 aromatic heterocycles. The minimum absolute atomic E-state index is 0.168. The highest BCUT2D eigenvalue weighted by Gasteiger charge is 2.19. The molecule has 158 valence electrons. The number of nitrogens with one attached hydrogen (secondary N) is 1. The van der Waals surface area contributed by atoms with E-state index in [1.165, 1.54) is 0 Å². The van der Waals surface area contributed by atoms with Gasteiger partial charge in [0.1, 0.15) is 5.65 Å². The Labute approximate surface area is 186 Å². The summed E-state index contributed by atoms with van der Waals surface area (Å²) in [5.74, 6) is -0.168. The zero-order chi connectivity index (χ0) is 22.2. The second-order valence-electron chi connectivity index (χ2n) is 7.87. The highest BCUT2D eigenvalue weighted by atomic mass is 16.1. The van der Waals surface area contributed by atoms with Gasteiger partial charge in [-0.3, -0.25) is 4.79 Å². The second kappa shape index (κ2) is 7.81. The Morgan fingerprint density at radius 2 is 1.66 bits per heavy atom. The van der Waals surface area contributed by atoms with Gasteiger partial charge in [-0.1, -0.05) is 36.4 Å². The topological polar surface area (TPSA) is 64.2 Å². The zero-order valence-corrected chi connectivity index (χ0v) is 18.2. The molecule has 0 aliphatic carbocycles. The van der Waals surface area contributed by atoms with Crippen molar-refractivity contribution >= 4 is 17.2 Å². The molecule has 1 amide bonds. The number of aromatic nitrogens is 4. The number of fused-ring (bicyclic) bond motifs is 1. The summed E-state index contributed by atoms with van der Waals surface area (Å²) in [6.07, 6.45) is 4.01. The molecule has 0 fully saturated rings. The van der Waals surface area contributed by atoms with Crippen LogP contribution in [0, 0.1) is 20.8 Å². The Morgan fingerprint density at radius 3 is 2.38 bits per heavy atom. The number of hydrogen-bond acceptors (Lipinski definition) is 3. The first-order valence-corrected chi connectivity index (χ1v) is 10.5. The number of carbonyl (C=O) groups is 1. The maximum Gasteiger partial charge on any atom is 0.259 e. The van der Waals surface area contributed by atoms with Crippen LogP contribution in [-0.4, -0.2) is 25.1 Å². The molecule has 0 spiro atoms. The quantitative estimate of drug-likeness (QED) is 0.425. The lowest BCUT2D eigenvalue weighted by molar-refractivity contribution is 0.102. The van der Waals surface area contributed by atoms with Crippen molar-refractivity contribution in [1.29, 1.82) is 0 Å². The van der Waals surface area contributed by atoms with E-state index in [0.29, 0.717) is 11.3 Å². The molecule has 0 saturated heterocycles. The normalized spacial score (nSPS) is 11.1. The highest BCUT2D eigenvalue weighted by Crippen LogP contribution is 2.24. The number of carbonyl (C=O) groups excluding carboxylic acids is 1. The van der Waals surface area contributed by atoms with E-state index in [0.717, 1.165) is 39.5 Å². The monoisotopic (exact) mass is 421 g/mol. The molecule has 32 heavy (non-hydrogen) atoms. The first kappa shape index (κ1) is 19.8. The number of rotatable bonds is 4. The molecule has 0 bridgehead atoms. The van der Waals surface area contributed by atoms with Crippen molar-refractivity contribution in [3.05, 3.63) is 102 Å². The van der Waals surface area contributed by atoms with Crippen molar-refractivity contribution in [2.24, 2.45) is 0 Å². The van der Waals surface area contributed by atoms with Gasteiger partial charge in [0.15, 0.2) is 0 Å². The average Bonchev–Trinajstić information content (AvgIpc) is 3.36. The van der Waals surface area contributed by atoms with Crippen LogP contribution in [0.15, 0.2) is 79.1 Å². The molecule has 1 N–H and O–H groups in total. The Morgan fingerprint density at radius 1 is 0.906 bits per heavy atom. The predicted molar refractivity (Wildman–Crippen MR) is 126 cm³/mol. The zero-order valence-electron chi connectivity index (χ0n) is 18.2. The van der Waals surface area contributed by atoms with Crippen molar-refractivity contribution in [2.45, 2.75) is 20.8 Å². The van der Waals surface area contributed by atoms with Gasteiger partial charge in [-0.05, 0) is 56.7 Å². The van der Waals surface area contributed by atoms with Crippen LogP contribution < -0.4 is 5.32 Å². The van der Waals surface area contributed by atoms with E-state index in [4.69, 9.17) is 4.98 Å². The smallest absolute Gasteiger partial charge is 0.259 e. The molecule has 5 aromatic rings. The molecule has 0 aliphatic rings. The van der Waals surface area contributed by atoms with E-state index < -0.39 is 0 Å². The van der Waals surface area contributed by atoms with Crippen molar-refractivity contribution in [1.82, 2.24) is 19.2 Å². The standard InChI is InChI=1S/C26H23N5O/c1-17-8-7-15-30-16-23(28-25(17)30)20-11-13-21(14-12-20)27-26(32)24-18(2)29-31(19(24)3)22-9-5-4-6-10-22/h4-16H,1-3H3,(H,27,32). The summed E-state index contributed by atoms with van der Waals surface area (Å²) in [6.45, 7) is 5.82. The van der Waals surface area contributed by atoms with Crippen molar-refractivity contribution < 1.29 is 4.79 Å².